The summed E-state index contributed by atoms with van der Waals surface area (Å²) in [5.41, 5.74) is 0.452. The number of amides is 3. The molecule has 2 aliphatic heterocycles. The van der Waals surface area contributed by atoms with Gasteiger partial charge in [-0.15, -0.1) is 0 Å². The van der Waals surface area contributed by atoms with Crippen LogP contribution in [0.2, 0.25) is 0 Å². The smallest absolute Gasteiger partial charge is 0.282 e. The molecule has 0 aromatic heterocycles. The molecule has 2 aliphatic rings. The first-order valence-electron chi connectivity index (χ1n) is 10.8. The van der Waals surface area contributed by atoms with Crippen LogP contribution in [0.1, 0.15) is 39.2 Å². The number of rotatable bonds is 6. The van der Waals surface area contributed by atoms with Gasteiger partial charge in [0.2, 0.25) is 0 Å². The summed E-state index contributed by atoms with van der Waals surface area (Å²) < 4.78 is 6.34. The normalized spacial score (nSPS) is 19.0. The highest BCUT2D eigenvalue weighted by atomic mass is 79.9. The Balaban J connectivity index is 1.58. The zero-order valence-electron chi connectivity index (χ0n) is 18.4. The van der Waals surface area contributed by atoms with E-state index in [1.54, 1.807) is 48.5 Å². The predicted octanol–water partition coefficient (Wildman–Crippen LogP) is 4.51. The summed E-state index contributed by atoms with van der Waals surface area (Å²) in [7, 11) is 0. The molecule has 1 saturated heterocycles. The number of carbonyl (C=O) groups excluding carboxylic acids is 3. The molecule has 2 heterocycles. The lowest BCUT2D eigenvalue weighted by Crippen LogP contribution is -2.67. The van der Waals surface area contributed by atoms with Gasteiger partial charge in [0.05, 0.1) is 23.1 Å². The summed E-state index contributed by atoms with van der Waals surface area (Å²) >= 11 is 3.38. The van der Waals surface area contributed by atoms with E-state index in [4.69, 9.17) is 4.74 Å². The summed E-state index contributed by atoms with van der Waals surface area (Å²) in [5, 5.41) is 11.5. The van der Waals surface area contributed by atoms with Crippen molar-refractivity contribution < 1.29 is 24.0 Å². The lowest BCUT2D eigenvalue weighted by atomic mass is 9.86. The number of nitrogens with zero attached hydrogens (tertiary/aromatic N) is 3. The van der Waals surface area contributed by atoms with E-state index in [0.29, 0.717) is 23.6 Å². The van der Waals surface area contributed by atoms with E-state index in [1.807, 2.05) is 6.92 Å². The van der Waals surface area contributed by atoms with Crippen LogP contribution < -0.4 is 9.64 Å². The fraction of sp³-hybridized carbons (Fsp3) is 0.160. The summed E-state index contributed by atoms with van der Waals surface area (Å²) in [4.78, 5) is 53.2. The van der Waals surface area contributed by atoms with Crippen LogP contribution in [0.25, 0.3) is 0 Å². The Morgan fingerprint density at radius 2 is 1.60 bits per heavy atom. The number of anilines is 1. The molecule has 0 aliphatic carbocycles. The molecule has 0 radical (unpaired) electrons. The van der Waals surface area contributed by atoms with Gasteiger partial charge in [-0.2, -0.15) is 0 Å². The third-order valence-corrected chi connectivity index (χ3v) is 6.63. The molecule has 0 saturated carbocycles. The number of nitro groups is 1. The highest BCUT2D eigenvalue weighted by Crippen LogP contribution is 2.45. The van der Waals surface area contributed by atoms with Crippen molar-refractivity contribution in [1.82, 2.24) is 4.90 Å². The second-order valence-corrected chi connectivity index (χ2v) is 8.93. The highest BCUT2D eigenvalue weighted by Gasteiger charge is 2.58. The average Bonchev–Trinajstić information content (AvgIpc) is 3.10. The molecule has 3 aromatic carbocycles. The number of imide groups is 1. The van der Waals surface area contributed by atoms with Gasteiger partial charge in [0.1, 0.15) is 17.4 Å². The number of fused-ring (bicyclic) bond motifs is 1. The maximum absolute atomic E-state index is 13.5. The Kier molecular flexibility index (Phi) is 5.60. The Labute approximate surface area is 208 Å². The summed E-state index contributed by atoms with van der Waals surface area (Å²) in [6.07, 6.45) is 0. The number of hydrogen-bond donors (Lipinski definition) is 0. The predicted molar refractivity (Wildman–Crippen MR) is 129 cm³/mol. The number of benzene rings is 3. The van der Waals surface area contributed by atoms with Gasteiger partial charge in [-0.05, 0) is 55.0 Å². The zero-order valence-corrected chi connectivity index (χ0v) is 20.0. The molecule has 5 rings (SSSR count). The van der Waals surface area contributed by atoms with Gasteiger partial charge in [-0.25, -0.2) is 0 Å². The second-order valence-electron chi connectivity index (χ2n) is 8.01. The molecule has 3 amide bonds. The van der Waals surface area contributed by atoms with E-state index in [-0.39, 0.29) is 11.1 Å². The van der Waals surface area contributed by atoms with Gasteiger partial charge >= 0.3 is 0 Å². The molecular formula is C25H18BrN3O6. The summed E-state index contributed by atoms with van der Waals surface area (Å²) in [5.74, 6) is -1.38. The quantitative estimate of drug-likeness (QED) is 0.199. The van der Waals surface area contributed by atoms with Gasteiger partial charge in [0, 0.05) is 16.2 Å². The van der Waals surface area contributed by atoms with Gasteiger partial charge in [0.25, 0.3) is 23.4 Å². The van der Waals surface area contributed by atoms with Gasteiger partial charge in [-0.1, -0.05) is 34.1 Å². The molecule has 0 N–H and O–H groups in total. The van der Waals surface area contributed by atoms with Crippen molar-refractivity contribution in [2.75, 3.05) is 11.5 Å². The maximum Gasteiger partial charge on any atom is 0.282 e. The molecule has 176 valence electrons. The molecule has 9 nitrogen and oxygen atoms in total. The monoisotopic (exact) mass is 535 g/mol. The topological polar surface area (TPSA) is 110 Å². The first-order chi connectivity index (χ1) is 16.8. The lowest BCUT2D eigenvalue weighted by Gasteiger charge is -2.49. The van der Waals surface area contributed by atoms with Crippen LogP contribution in [0.4, 0.5) is 11.4 Å². The Bertz CT molecular complexity index is 1370. The number of β-lactam (4-membered cyclic amide) rings is 1. The van der Waals surface area contributed by atoms with Crippen molar-refractivity contribution in [3.63, 3.8) is 0 Å². The largest absolute Gasteiger partial charge is 0.494 e. The second kappa shape index (κ2) is 8.62. The first kappa shape index (κ1) is 22.7. The minimum atomic E-state index is -1.15. The molecule has 0 unspecified atom stereocenters. The van der Waals surface area contributed by atoms with Gasteiger partial charge in [-0.3, -0.25) is 29.4 Å². The van der Waals surface area contributed by atoms with Gasteiger partial charge in [0.15, 0.2) is 0 Å². The summed E-state index contributed by atoms with van der Waals surface area (Å²) in [6.45, 7) is 2.36. The van der Waals surface area contributed by atoms with Crippen molar-refractivity contribution in [3.05, 3.63) is 98.0 Å². The zero-order chi connectivity index (χ0) is 24.9. The molecule has 0 spiro atoms. The van der Waals surface area contributed by atoms with E-state index >= 15 is 0 Å². The lowest BCUT2D eigenvalue weighted by molar-refractivity contribution is -0.385. The third kappa shape index (κ3) is 3.57. The van der Waals surface area contributed by atoms with Crippen LogP contribution in [-0.4, -0.2) is 40.2 Å². The minimum absolute atomic E-state index is 0.0791. The molecule has 0 bridgehead atoms. The van der Waals surface area contributed by atoms with E-state index in [9.17, 15) is 24.5 Å². The molecular weight excluding hydrogens is 518 g/mol. The number of carbonyl (C=O) groups is 3. The average molecular weight is 536 g/mol. The number of ether oxygens (including phenoxy) is 1. The van der Waals surface area contributed by atoms with E-state index in [2.05, 4.69) is 15.9 Å². The van der Waals surface area contributed by atoms with Crippen LogP contribution in [0.3, 0.4) is 0 Å². The summed E-state index contributed by atoms with van der Waals surface area (Å²) in [6, 6.07) is 16.2. The van der Waals surface area contributed by atoms with Crippen molar-refractivity contribution in [3.8, 4) is 5.75 Å². The minimum Gasteiger partial charge on any atom is -0.494 e. The molecule has 3 aromatic rings. The fourth-order valence-electron chi connectivity index (χ4n) is 4.56. The van der Waals surface area contributed by atoms with Crippen LogP contribution >= 0.6 is 15.9 Å². The van der Waals surface area contributed by atoms with Gasteiger partial charge < -0.3 is 9.64 Å². The third-order valence-electron chi connectivity index (χ3n) is 6.10. The van der Waals surface area contributed by atoms with Crippen molar-refractivity contribution >= 4 is 45.0 Å². The molecule has 2 atom stereocenters. The van der Waals surface area contributed by atoms with Crippen LogP contribution in [0.5, 0.6) is 5.75 Å². The highest BCUT2D eigenvalue weighted by molar-refractivity contribution is 9.10. The van der Waals surface area contributed by atoms with Crippen molar-refractivity contribution in [2.45, 2.75) is 19.0 Å². The van der Waals surface area contributed by atoms with Crippen LogP contribution in [0.15, 0.2) is 71.2 Å². The standard InChI is InChI=1S/C25H18BrN3O6/c1-2-35-17-12-6-14(7-13-17)21-22(25(32)27(21)16-10-8-15(26)9-11-16)28-23(30)18-4-3-5-19(29(33)34)20(18)24(28)31/h3-13,21-22H,2H2,1H3/t21-,22-/m0/s1. The SMILES string of the molecule is CCOc1ccc([C@H]2[C@H](N3C(=O)c4cccc([N+](=O)[O-])c4C3=O)C(=O)N2c2ccc(Br)cc2)cc1. The van der Waals surface area contributed by atoms with Crippen molar-refractivity contribution in [2.24, 2.45) is 0 Å². The van der Waals surface area contributed by atoms with E-state index < -0.39 is 40.4 Å². The number of hydrogen-bond acceptors (Lipinski definition) is 6. The van der Waals surface area contributed by atoms with E-state index in [1.165, 1.54) is 23.1 Å². The number of halogens is 1. The molecule has 35 heavy (non-hydrogen) atoms. The van der Waals surface area contributed by atoms with Crippen LogP contribution in [0, 0.1) is 10.1 Å². The first-order valence-corrected chi connectivity index (χ1v) is 11.6. The molecule has 10 heteroatoms. The number of nitro benzene ring substituents is 1. The van der Waals surface area contributed by atoms with E-state index in [0.717, 1.165) is 9.37 Å². The Hall–Kier alpha value is -4.05. The van der Waals surface area contributed by atoms with Crippen molar-refractivity contribution in [1.29, 1.82) is 0 Å². The Morgan fingerprint density at radius 1 is 0.914 bits per heavy atom. The fourth-order valence-corrected chi connectivity index (χ4v) is 4.83. The maximum atomic E-state index is 13.5. The Morgan fingerprint density at radius 3 is 2.23 bits per heavy atom. The molecule has 1 fully saturated rings. The van der Waals surface area contributed by atoms with Crippen LogP contribution in [-0.2, 0) is 4.79 Å².